The van der Waals surface area contributed by atoms with E-state index in [1.165, 1.54) is 0 Å². The van der Waals surface area contributed by atoms with Gasteiger partial charge in [-0.25, -0.2) is 12.8 Å². The SMILES string of the molecule is O=C(NCc1ccncc1)C(Cc1ccccc1)NS(=O)(=O)c1ccc(F)cc1. The van der Waals surface area contributed by atoms with Gasteiger partial charge in [-0.15, -0.1) is 0 Å². The Kier molecular flexibility index (Phi) is 6.69. The number of carbonyl (C=O) groups is 1. The highest BCUT2D eigenvalue weighted by Crippen LogP contribution is 2.12. The third-order valence-electron chi connectivity index (χ3n) is 4.24. The van der Waals surface area contributed by atoms with E-state index in [2.05, 4.69) is 15.0 Å². The zero-order chi connectivity index (χ0) is 20.7. The summed E-state index contributed by atoms with van der Waals surface area (Å²) in [6.07, 6.45) is 3.39. The molecule has 0 fully saturated rings. The number of benzene rings is 2. The number of sulfonamides is 1. The van der Waals surface area contributed by atoms with Gasteiger partial charge in [-0.3, -0.25) is 9.78 Å². The summed E-state index contributed by atoms with van der Waals surface area (Å²) in [6, 6.07) is 16.0. The summed E-state index contributed by atoms with van der Waals surface area (Å²) in [5.74, 6) is -1.00. The monoisotopic (exact) mass is 413 g/mol. The minimum absolute atomic E-state index is 0.112. The van der Waals surface area contributed by atoms with E-state index in [1.807, 2.05) is 30.3 Å². The lowest BCUT2D eigenvalue weighted by Crippen LogP contribution is -2.47. The van der Waals surface area contributed by atoms with Crippen molar-refractivity contribution in [3.8, 4) is 0 Å². The number of aromatic nitrogens is 1. The third kappa shape index (κ3) is 5.94. The number of carbonyl (C=O) groups excluding carboxylic acids is 1. The lowest BCUT2D eigenvalue weighted by molar-refractivity contribution is -0.122. The normalized spacial score (nSPS) is 12.3. The lowest BCUT2D eigenvalue weighted by atomic mass is 10.1. The number of amides is 1. The van der Waals surface area contributed by atoms with Crippen molar-refractivity contribution in [3.63, 3.8) is 0 Å². The summed E-state index contributed by atoms with van der Waals surface area (Å²) in [4.78, 5) is 16.6. The van der Waals surface area contributed by atoms with Gasteiger partial charge in [0.2, 0.25) is 15.9 Å². The van der Waals surface area contributed by atoms with Crippen molar-refractivity contribution in [1.82, 2.24) is 15.0 Å². The Morgan fingerprint density at radius 1 is 0.931 bits per heavy atom. The molecular formula is C21H20FN3O3S. The molecule has 0 saturated carbocycles. The van der Waals surface area contributed by atoms with Crippen molar-refractivity contribution in [3.05, 3.63) is 96.1 Å². The van der Waals surface area contributed by atoms with Crippen molar-refractivity contribution in [2.45, 2.75) is 23.9 Å². The summed E-state index contributed by atoms with van der Waals surface area (Å²) in [6.45, 7) is 0.241. The predicted molar refractivity (Wildman–Crippen MR) is 107 cm³/mol. The quantitative estimate of drug-likeness (QED) is 0.594. The molecule has 150 valence electrons. The van der Waals surface area contributed by atoms with E-state index < -0.39 is 27.8 Å². The van der Waals surface area contributed by atoms with Crippen LogP contribution in [-0.2, 0) is 27.8 Å². The molecular weight excluding hydrogens is 393 g/mol. The molecule has 6 nitrogen and oxygen atoms in total. The van der Waals surface area contributed by atoms with Crippen LogP contribution in [0.25, 0.3) is 0 Å². The highest BCUT2D eigenvalue weighted by Gasteiger charge is 2.26. The maximum absolute atomic E-state index is 13.1. The molecule has 0 saturated heterocycles. The van der Waals surface area contributed by atoms with Gasteiger partial charge in [0, 0.05) is 18.9 Å². The van der Waals surface area contributed by atoms with Gasteiger partial charge in [0.1, 0.15) is 11.9 Å². The van der Waals surface area contributed by atoms with Crippen LogP contribution in [0.1, 0.15) is 11.1 Å². The zero-order valence-corrected chi connectivity index (χ0v) is 16.3. The number of nitrogens with one attached hydrogen (secondary N) is 2. The molecule has 3 rings (SSSR count). The van der Waals surface area contributed by atoms with Gasteiger partial charge in [0.25, 0.3) is 0 Å². The average Bonchev–Trinajstić information content (AvgIpc) is 2.73. The van der Waals surface area contributed by atoms with Gasteiger partial charge >= 0.3 is 0 Å². The molecule has 2 aromatic carbocycles. The Labute approximate surface area is 168 Å². The molecule has 3 aromatic rings. The molecule has 0 aliphatic heterocycles. The number of hydrogen-bond donors (Lipinski definition) is 2. The first-order valence-corrected chi connectivity index (χ1v) is 10.4. The summed E-state index contributed by atoms with van der Waals surface area (Å²) >= 11 is 0. The van der Waals surface area contributed by atoms with Gasteiger partial charge in [-0.1, -0.05) is 30.3 Å². The Bertz CT molecular complexity index is 1040. The number of hydrogen-bond acceptors (Lipinski definition) is 4. The highest BCUT2D eigenvalue weighted by molar-refractivity contribution is 7.89. The van der Waals surface area contributed by atoms with Crippen molar-refractivity contribution in [2.24, 2.45) is 0 Å². The molecule has 1 atom stereocenters. The molecule has 1 aromatic heterocycles. The summed E-state index contributed by atoms with van der Waals surface area (Å²) in [5.41, 5.74) is 1.64. The first-order valence-electron chi connectivity index (χ1n) is 8.92. The Hall–Kier alpha value is -3.10. The number of pyridine rings is 1. The van der Waals surface area contributed by atoms with Gasteiger partial charge in [-0.05, 0) is 53.9 Å². The van der Waals surface area contributed by atoms with Crippen LogP contribution in [-0.4, -0.2) is 25.4 Å². The Morgan fingerprint density at radius 2 is 1.59 bits per heavy atom. The number of halogens is 1. The second kappa shape index (κ2) is 9.40. The van der Waals surface area contributed by atoms with Crippen LogP contribution in [0, 0.1) is 5.82 Å². The fraction of sp³-hybridized carbons (Fsp3) is 0.143. The third-order valence-corrected chi connectivity index (χ3v) is 5.72. The number of rotatable bonds is 8. The molecule has 29 heavy (non-hydrogen) atoms. The largest absolute Gasteiger partial charge is 0.351 e. The lowest BCUT2D eigenvalue weighted by Gasteiger charge is -2.19. The maximum atomic E-state index is 13.1. The summed E-state index contributed by atoms with van der Waals surface area (Å²) in [7, 11) is -4.01. The summed E-state index contributed by atoms with van der Waals surface area (Å²) in [5, 5.41) is 2.75. The van der Waals surface area contributed by atoms with Gasteiger partial charge in [-0.2, -0.15) is 4.72 Å². The fourth-order valence-corrected chi connectivity index (χ4v) is 3.92. The van der Waals surface area contributed by atoms with Crippen LogP contribution in [0.2, 0.25) is 0 Å². The average molecular weight is 413 g/mol. The van der Waals surface area contributed by atoms with E-state index in [-0.39, 0.29) is 17.9 Å². The van der Waals surface area contributed by atoms with Crippen LogP contribution in [0.15, 0.2) is 84.0 Å². The van der Waals surface area contributed by atoms with Crippen molar-refractivity contribution < 1.29 is 17.6 Å². The minimum Gasteiger partial charge on any atom is -0.351 e. The van der Waals surface area contributed by atoms with Crippen molar-refractivity contribution in [1.29, 1.82) is 0 Å². The molecule has 0 spiro atoms. The molecule has 2 N–H and O–H groups in total. The second-order valence-electron chi connectivity index (χ2n) is 6.39. The zero-order valence-electron chi connectivity index (χ0n) is 15.5. The van der Waals surface area contributed by atoms with E-state index in [0.717, 1.165) is 35.4 Å². The smallest absolute Gasteiger partial charge is 0.241 e. The molecule has 8 heteroatoms. The van der Waals surface area contributed by atoms with Crippen LogP contribution < -0.4 is 10.0 Å². The summed E-state index contributed by atoms with van der Waals surface area (Å²) < 4.78 is 41.0. The van der Waals surface area contributed by atoms with Crippen molar-refractivity contribution >= 4 is 15.9 Å². The first kappa shape index (κ1) is 20.6. The van der Waals surface area contributed by atoms with E-state index in [0.29, 0.717) is 0 Å². The fourth-order valence-electron chi connectivity index (χ4n) is 2.72. The first-order chi connectivity index (χ1) is 13.9. The predicted octanol–water partition coefficient (Wildman–Crippen LogP) is 2.43. The molecule has 0 aliphatic rings. The van der Waals surface area contributed by atoms with Gasteiger partial charge in [0.15, 0.2) is 0 Å². The van der Waals surface area contributed by atoms with Gasteiger partial charge in [0.05, 0.1) is 4.90 Å². The van der Waals surface area contributed by atoms with E-state index in [4.69, 9.17) is 0 Å². The van der Waals surface area contributed by atoms with Crippen LogP contribution in [0.3, 0.4) is 0 Å². The molecule has 0 bridgehead atoms. The number of nitrogens with zero attached hydrogens (tertiary/aromatic N) is 1. The van der Waals surface area contributed by atoms with Crippen LogP contribution in [0.5, 0.6) is 0 Å². The van der Waals surface area contributed by atoms with E-state index >= 15 is 0 Å². The minimum atomic E-state index is -4.01. The molecule has 1 heterocycles. The molecule has 1 amide bonds. The van der Waals surface area contributed by atoms with E-state index in [1.54, 1.807) is 24.5 Å². The highest BCUT2D eigenvalue weighted by atomic mass is 32.2. The van der Waals surface area contributed by atoms with Gasteiger partial charge < -0.3 is 5.32 Å². The Morgan fingerprint density at radius 3 is 2.24 bits per heavy atom. The Balaban J connectivity index is 1.78. The topological polar surface area (TPSA) is 88.2 Å². The second-order valence-corrected chi connectivity index (χ2v) is 8.10. The maximum Gasteiger partial charge on any atom is 0.241 e. The standard InChI is InChI=1S/C21H20FN3O3S/c22-18-6-8-19(9-7-18)29(27,28)25-20(14-16-4-2-1-3-5-16)21(26)24-15-17-10-12-23-13-11-17/h1-13,20,25H,14-15H2,(H,24,26). The molecule has 0 aliphatic carbocycles. The van der Waals surface area contributed by atoms with Crippen LogP contribution >= 0.6 is 0 Å². The molecule has 1 unspecified atom stereocenters. The van der Waals surface area contributed by atoms with Crippen molar-refractivity contribution in [2.75, 3.05) is 0 Å². The van der Waals surface area contributed by atoms with Crippen LogP contribution in [0.4, 0.5) is 4.39 Å². The van der Waals surface area contributed by atoms with E-state index in [9.17, 15) is 17.6 Å². The molecule has 0 radical (unpaired) electrons.